The van der Waals surface area contributed by atoms with Gasteiger partial charge < -0.3 is 27.0 Å². The molecule has 1 heterocycles. The predicted octanol–water partition coefficient (Wildman–Crippen LogP) is 1.30. The standard InChI is InChI=1S/C29H38N7O6S/c1-19(2)25(36-24(37)11-7-5-6-9-21-17-32-29(33-18-21)43(4,41)42)27(39)35-23(10-8-16-31-28(30)40)26(38)34-22-14-12-20(3)13-15-22/h12-15,17-19,23,25H,3,5,7-8,10-11,16H2,1-2,4H3,(H,34,38)(H,35,39)(H,36,37)(H3,30,31,40)/t23-,25-/m0/s1. The lowest BCUT2D eigenvalue weighted by molar-refractivity contribution is -0.132. The van der Waals surface area contributed by atoms with E-state index < -0.39 is 39.8 Å². The fraction of sp³-hybridized carbons (Fsp3) is 0.414. The molecule has 0 aliphatic heterocycles. The van der Waals surface area contributed by atoms with Crippen molar-refractivity contribution in [3.8, 4) is 11.8 Å². The van der Waals surface area contributed by atoms with Crippen molar-refractivity contribution in [2.75, 3.05) is 18.1 Å². The lowest BCUT2D eigenvalue weighted by atomic mass is 10.0. The summed E-state index contributed by atoms with van der Waals surface area (Å²) in [6.07, 6.45) is 5.12. The molecule has 0 spiro atoms. The van der Waals surface area contributed by atoms with Crippen LogP contribution in [0.1, 0.15) is 57.1 Å². The molecule has 1 aromatic heterocycles. The molecule has 0 aliphatic rings. The molecule has 2 atom stereocenters. The lowest BCUT2D eigenvalue weighted by Crippen LogP contribution is -2.54. The molecule has 0 bridgehead atoms. The Balaban J connectivity index is 1.95. The highest BCUT2D eigenvalue weighted by molar-refractivity contribution is 7.90. The Kier molecular flexibility index (Phi) is 13.6. The van der Waals surface area contributed by atoms with Crippen LogP contribution in [0.3, 0.4) is 0 Å². The molecule has 231 valence electrons. The Morgan fingerprint density at radius 2 is 1.65 bits per heavy atom. The summed E-state index contributed by atoms with van der Waals surface area (Å²) in [5, 5.41) is 10.4. The smallest absolute Gasteiger partial charge is 0.312 e. The van der Waals surface area contributed by atoms with Crippen molar-refractivity contribution < 1.29 is 27.6 Å². The maximum Gasteiger partial charge on any atom is 0.312 e. The highest BCUT2D eigenvalue weighted by Gasteiger charge is 2.28. The van der Waals surface area contributed by atoms with Gasteiger partial charge in [-0.15, -0.1) is 0 Å². The molecule has 2 rings (SSSR count). The minimum absolute atomic E-state index is 0.111. The maximum absolute atomic E-state index is 13.2. The molecule has 6 N–H and O–H groups in total. The van der Waals surface area contributed by atoms with Crippen LogP contribution in [0.4, 0.5) is 10.5 Å². The van der Waals surface area contributed by atoms with Crippen LogP contribution in [0.25, 0.3) is 0 Å². The number of urea groups is 1. The summed E-state index contributed by atoms with van der Waals surface area (Å²) in [6, 6.07) is 4.34. The monoisotopic (exact) mass is 612 g/mol. The van der Waals surface area contributed by atoms with Gasteiger partial charge in [-0.05, 0) is 49.8 Å². The van der Waals surface area contributed by atoms with Crippen LogP contribution in [0.5, 0.6) is 0 Å². The summed E-state index contributed by atoms with van der Waals surface area (Å²) in [5.74, 6) is 4.11. The van der Waals surface area contributed by atoms with Crippen molar-refractivity contribution in [3.05, 3.63) is 54.7 Å². The van der Waals surface area contributed by atoms with Gasteiger partial charge in [0.1, 0.15) is 12.1 Å². The Morgan fingerprint density at radius 1 is 1.00 bits per heavy atom. The van der Waals surface area contributed by atoms with E-state index in [0.717, 1.165) is 11.8 Å². The first-order valence-electron chi connectivity index (χ1n) is 13.6. The number of sulfone groups is 1. The van der Waals surface area contributed by atoms with Crippen molar-refractivity contribution in [3.63, 3.8) is 0 Å². The molecular weight excluding hydrogens is 574 g/mol. The fourth-order valence-corrected chi connectivity index (χ4v) is 4.21. The number of nitrogens with two attached hydrogens (primary N) is 1. The molecule has 0 fully saturated rings. The van der Waals surface area contributed by atoms with Crippen LogP contribution in [0, 0.1) is 24.7 Å². The summed E-state index contributed by atoms with van der Waals surface area (Å²) < 4.78 is 22.9. The molecule has 1 radical (unpaired) electrons. The zero-order valence-corrected chi connectivity index (χ0v) is 25.3. The summed E-state index contributed by atoms with van der Waals surface area (Å²) in [7, 11) is -3.50. The third-order valence-corrected chi connectivity index (χ3v) is 6.86. The largest absolute Gasteiger partial charge is 0.352 e. The van der Waals surface area contributed by atoms with E-state index in [2.05, 4.69) is 50.0 Å². The van der Waals surface area contributed by atoms with E-state index in [1.165, 1.54) is 12.4 Å². The van der Waals surface area contributed by atoms with Gasteiger partial charge in [0.15, 0.2) is 0 Å². The van der Waals surface area contributed by atoms with Crippen molar-refractivity contribution in [1.29, 1.82) is 0 Å². The zero-order valence-electron chi connectivity index (χ0n) is 24.5. The molecule has 0 aliphatic carbocycles. The van der Waals surface area contributed by atoms with Crippen molar-refractivity contribution in [2.24, 2.45) is 11.7 Å². The average molecular weight is 613 g/mol. The van der Waals surface area contributed by atoms with Gasteiger partial charge in [0.25, 0.3) is 0 Å². The number of nitrogens with one attached hydrogen (secondary N) is 4. The quantitative estimate of drug-likeness (QED) is 0.119. The van der Waals surface area contributed by atoms with Crippen molar-refractivity contribution in [1.82, 2.24) is 25.9 Å². The third kappa shape index (κ3) is 12.9. The van der Waals surface area contributed by atoms with Gasteiger partial charge in [-0.3, -0.25) is 14.4 Å². The van der Waals surface area contributed by atoms with Crippen LogP contribution < -0.4 is 27.0 Å². The van der Waals surface area contributed by atoms with Crippen molar-refractivity contribution >= 4 is 39.3 Å². The number of aromatic nitrogens is 2. The number of carbonyl (C=O) groups excluding carboxylic acids is 4. The average Bonchev–Trinajstić information content (AvgIpc) is 2.93. The number of hydrogen-bond acceptors (Lipinski definition) is 8. The topological polar surface area (TPSA) is 202 Å². The summed E-state index contributed by atoms with van der Waals surface area (Å²) in [4.78, 5) is 57.4. The second-order valence-corrected chi connectivity index (χ2v) is 12.1. The second-order valence-electron chi connectivity index (χ2n) is 10.2. The highest BCUT2D eigenvalue weighted by Crippen LogP contribution is 2.11. The predicted molar refractivity (Wildman–Crippen MR) is 161 cm³/mol. The van der Waals surface area contributed by atoms with Gasteiger partial charge in [-0.25, -0.2) is 23.2 Å². The summed E-state index contributed by atoms with van der Waals surface area (Å²) in [6.45, 7) is 7.59. The molecule has 14 heteroatoms. The fourth-order valence-electron chi connectivity index (χ4n) is 3.72. The van der Waals surface area contributed by atoms with E-state index in [0.29, 0.717) is 30.5 Å². The van der Waals surface area contributed by atoms with Gasteiger partial charge in [-0.2, -0.15) is 0 Å². The third-order valence-electron chi connectivity index (χ3n) is 5.99. The second kappa shape index (κ2) is 16.8. The first-order valence-corrected chi connectivity index (χ1v) is 15.5. The van der Waals surface area contributed by atoms with Crippen LogP contribution in [-0.2, 0) is 24.2 Å². The highest BCUT2D eigenvalue weighted by atomic mass is 32.2. The van der Waals surface area contributed by atoms with Gasteiger partial charge in [0.2, 0.25) is 32.7 Å². The molecule has 5 amide bonds. The Hall–Kier alpha value is -4.51. The van der Waals surface area contributed by atoms with E-state index in [-0.39, 0.29) is 36.4 Å². The molecule has 13 nitrogen and oxygen atoms in total. The van der Waals surface area contributed by atoms with E-state index in [1.807, 2.05) is 0 Å². The molecule has 0 unspecified atom stereocenters. The number of nitrogens with zero attached hydrogens (tertiary/aromatic N) is 2. The molecular formula is C29H38N7O6S. The number of amides is 5. The van der Waals surface area contributed by atoms with Crippen LogP contribution in [-0.4, -0.2) is 67.0 Å². The number of benzene rings is 1. The number of carbonyl (C=O) groups is 4. The Labute approximate surface area is 252 Å². The number of hydrogen-bond donors (Lipinski definition) is 5. The lowest BCUT2D eigenvalue weighted by Gasteiger charge is -2.25. The van der Waals surface area contributed by atoms with Crippen molar-refractivity contribution in [2.45, 2.75) is 63.2 Å². The number of primary amides is 1. The van der Waals surface area contributed by atoms with E-state index in [4.69, 9.17) is 5.73 Å². The molecule has 0 saturated carbocycles. The minimum Gasteiger partial charge on any atom is -0.352 e. The molecule has 1 aromatic carbocycles. The molecule has 0 saturated heterocycles. The Morgan fingerprint density at radius 3 is 2.23 bits per heavy atom. The van der Waals surface area contributed by atoms with Gasteiger partial charge in [0.05, 0.1) is 5.56 Å². The minimum atomic E-state index is -3.50. The Bertz CT molecular complexity index is 1430. The first kappa shape index (κ1) is 34.7. The van der Waals surface area contributed by atoms with E-state index in [1.54, 1.807) is 38.1 Å². The SMILES string of the molecule is [CH2]c1ccc(NC(=O)[C@H](CCCNC(N)=O)NC(=O)[C@@H](NC(=O)CCCC#Cc2cnc(S(C)(=O)=O)nc2)C(C)C)cc1. The van der Waals surface area contributed by atoms with Gasteiger partial charge in [0, 0.05) is 43.7 Å². The number of anilines is 1. The van der Waals surface area contributed by atoms with Crippen LogP contribution in [0.2, 0.25) is 0 Å². The van der Waals surface area contributed by atoms with E-state index in [9.17, 15) is 27.6 Å². The summed E-state index contributed by atoms with van der Waals surface area (Å²) >= 11 is 0. The van der Waals surface area contributed by atoms with E-state index >= 15 is 0 Å². The zero-order chi connectivity index (χ0) is 32.0. The molecule has 2 aromatic rings. The van der Waals surface area contributed by atoms with Gasteiger partial charge in [-0.1, -0.05) is 37.8 Å². The summed E-state index contributed by atoms with van der Waals surface area (Å²) in [5.41, 5.74) is 6.85. The normalized spacial score (nSPS) is 12.3. The molecule has 43 heavy (non-hydrogen) atoms. The van der Waals surface area contributed by atoms with Crippen LogP contribution >= 0.6 is 0 Å². The first-order chi connectivity index (χ1) is 20.3. The van der Waals surface area contributed by atoms with Crippen LogP contribution in [0.15, 0.2) is 41.8 Å². The maximum atomic E-state index is 13.2. The number of rotatable bonds is 14. The number of unbranched alkanes of at least 4 members (excludes halogenated alkanes) is 1. The van der Waals surface area contributed by atoms with Gasteiger partial charge >= 0.3 is 6.03 Å².